The summed E-state index contributed by atoms with van der Waals surface area (Å²) in [6.45, 7) is 3.45. The van der Waals surface area contributed by atoms with Crippen LogP contribution < -0.4 is 5.32 Å². The van der Waals surface area contributed by atoms with E-state index in [1.54, 1.807) is 0 Å². The van der Waals surface area contributed by atoms with Gasteiger partial charge in [-0.25, -0.2) is 0 Å². The van der Waals surface area contributed by atoms with Gasteiger partial charge in [-0.15, -0.1) is 24.0 Å². The predicted octanol–water partition coefficient (Wildman–Crippen LogP) is 4.03. The van der Waals surface area contributed by atoms with Crippen LogP contribution >= 0.6 is 24.0 Å². The third-order valence-electron chi connectivity index (χ3n) is 6.31. The van der Waals surface area contributed by atoms with E-state index in [-0.39, 0.29) is 24.0 Å². The summed E-state index contributed by atoms with van der Waals surface area (Å²) in [7, 11) is 1.94. The van der Waals surface area contributed by atoms with E-state index in [9.17, 15) is 0 Å². The van der Waals surface area contributed by atoms with Crippen LogP contribution in [0.4, 0.5) is 0 Å². The molecule has 2 unspecified atom stereocenters. The maximum Gasteiger partial charge on any atom is 0.193 e. The van der Waals surface area contributed by atoms with Crippen LogP contribution in [0.25, 0.3) is 0 Å². The molecule has 0 spiro atoms. The van der Waals surface area contributed by atoms with E-state index < -0.39 is 0 Å². The topological polar surface area (TPSA) is 27.6 Å². The quantitative estimate of drug-likeness (QED) is 0.438. The summed E-state index contributed by atoms with van der Waals surface area (Å²) < 4.78 is 0. The molecule has 0 radical (unpaired) electrons. The number of rotatable bonds is 3. The standard InChI is InChI=1S/C20H29N3.HI/c1-21-19(23-13-16-7-5-6-8-17(16)14-23)22-15-20(11-12-20)18-9-3-2-4-10-18;/h2-4,9-10,16-17H,5-8,11-15H2,1H3,(H,21,22);1H. The average Bonchev–Trinajstić information content (AvgIpc) is 3.27. The second-order valence-electron chi connectivity index (χ2n) is 7.76. The van der Waals surface area contributed by atoms with E-state index in [0.717, 1.165) is 24.3 Å². The maximum atomic E-state index is 4.58. The number of guanidine groups is 1. The van der Waals surface area contributed by atoms with Crippen molar-refractivity contribution >= 4 is 29.9 Å². The fourth-order valence-electron chi connectivity index (χ4n) is 4.67. The van der Waals surface area contributed by atoms with E-state index >= 15 is 0 Å². The first-order valence-corrected chi connectivity index (χ1v) is 9.32. The smallest absolute Gasteiger partial charge is 0.193 e. The lowest BCUT2D eigenvalue weighted by atomic mass is 9.82. The van der Waals surface area contributed by atoms with Crippen molar-refractivity contribution in [1.29, 1.82) is 0 Å². The zero-order valence-electron chi connectivity index (χ0n) is 14.7. The molecular formula is C20H30IN3. The molecule has 4 rings (SSSR count). The van der Waals surface area contributed by atoms with Crippen LogP contribution in [0.5, 0.6) is 0 Å². The minimum absolute atomic E-state index is 0. The number of nitrogens with one attached hydrogen (secondary N) is 1. The van der Waals surface area contributed by atoms with Crippen molar-refractivity contribution in [2.45, 2.75) is 43.9 Å². The highest BCUT2D eigenvalue weighted by molar-refractivity contribution is 14.0. The van der Waals surface area contributed by atoms with Crippen LogP contribution in [0.15, 0.2) is 35.3 Å². The first-order valence-electron chi connectivity index (χ1n) is 9.32. The molecule has 1 heterocycles. The summed E-state index contributed by atoms with van der Waals surface area (Å²) in [4.78, 5) is 7.10. The predicted molar refractivity (Wildman–Crippen MR) is 111 cm³/mol. The van der Waals surface area contributed by atoms with Gasteiger partial charge in [-0.1, -0.05) is 43.2 Å². The monoisotopic (exact) mass is 439 g/mol. The maximum absolute atomic E-state index is 4.58. The number of benzene rings is 1. The summed E-state index contributed by atoms with van der Waals surface area (Å²) in [6.07, 6.45) is 8.30. The molecule has 3 nitrogen and oxygen atoms in total. The van der Waals surface area contributed by atoms with Crippen molar-refractivity contribution in [1.82, 2.24) is 10.2 Å². The van der Waals surface area contributed by atoms with Gasteiger partial charge < -0.3 is 10.2 Å². The highest BCUT2D eigenvalue weighted by atomic mass is 127. The fraction of sp³-hybridized carbons (Fsp3) is 0.650. The van der Waals surface area contributed by atoms with Crippen LogP contribution in [0.2, 0.25) is 0 Å². The summed E-state index contributed by atoms with van der Waals surface area (Å²) in [5, 5.41) is 3.70. The van der Waals surface area contributed by atoms with Crippen LogP contribution in [0.1, 0.15) is 44.1 Å². The van der Waals surface area contributed by atoms with Crippen LogP contribution in [-0.2, 0) is 5.41 Å². The second kappa shape index (κ2) is 7.63. The molecule has 3 fully saturated rings. The number of aliphatic imine (C=N–C) groups is 1. The van der Waals surface area contributed by atoms with E-state index in [2.05, 4.69) is 45.5 Å². The largest absolute Gasteiger partial charge is 0.355 e. The van der Waals surface area contributed by atoms with Crippen molar-refractivity contribution in [3.63, 3.8) is 0 Å². The molecule has 2 atom stereocenters. The second-order valence-corrected chi connectivity index (χ2v) is 7.76. The Morgan fingerprint density at radius 2 is 1.75 bits per heavy atom. The van der Waals surface area contributed by atoms with Crippen molar-refractivity contribution in [2.24, 2.45) is 16.8 Å². The molecule has 3 aliphatic rings. The van der Waals surface area contributed by atoms with Crippen molar-refractivity contribution < 1.29 is 0 Å². The van der Waals surface area contributed by atoms with Gasteiger partial charge in [0.2, 0.25) is 0 Å². The van der Waals surface area contributed by atoms with Gasteiger partial charge in [-0.2, -0.15) is 0 Å². The van der Waals surface area contributed by atoms with Crippen molar-refractivity contribution in [3.05, 3.63) is 35.9 Å². The van der Waals surface area contributed by atoms with Crippen LogP contribution in [-0.4, -0.2) is 37.5 Å². The number of hydrogen-bond donors (Lipinski definition) is 1. The molecule has 0 bridgehead atoms. The number of fused-ring (bicyclic) bond motifs is 1. The zero-order valence-corrected chi connectivity index (χ0v) is 17.0. The van der Waals surface area contributed by atoms with Gasteiger partial charge in [0.1, 0.15) is 0 Å². The third-order valence-corrected chi connectivity index (χ3v) is 6.31. The van der Waals surface area contributed by atoms with E-state index in [1.807, 2.05) is 7.05 Å². The summed E-state index contributed by atoms with van der Waals surface area (Å²) in [5.74, 6) is 2.94. The lowest BCUT2D eigenvalue weighted by molar-refractivity contribution is 0.299. The SMILES string of the molecule is CN=C(NCC1(c2ccccc2)CC1)N1CC2CCCCC2C1.I. The van der Waals surface area contributed by atoms with E-state index in [1.165, 1.54) is 57.2 Å². The van der Waals surface area contributed by atoms with E-state index in [0.29, 0.717) is 5.41 Å². The first-order chi connectivity index (χ1) is 11.3. The molecule has 24 heavy (non-hydrogen) atoms. The Labute approximate surface area is 163 Å². The summed E-state index contributed by atoms with van der Waals surface area (Å²) in [5.41, 5.74) is 1.84. The van der Waals surface area contributed by atoms with Gasteiger partial charge >= 0.3 is 0 Å². The van der Waals surface area contributed by atoms with Crippen LogP contribution in [0, 0.1) is 11.8 Å². The normalized spacial score (nSPS) is 28.0. The lowest BCUT2D eigenvalue weighted by Gasteiger charge is -2.24. The molecule has 132 valence electrons. The Morgan fingerprint density at radius 1 is 1.12 bits per heavy atom. The van der Waals surface area contributed by atoms with Gasteiger partial charge in [0.05, 0.1) is 0 Å². The van der Waals surface area contributed by atoms with Gasteiger partial charge in [-0.3, -0.25) is 4.99 Å². The molecule has 1 aromatic carbocycles. The van der Waals surface area contributed by atoms with Gasteiger partial charge in [-0.05, 0) is 43.1 Å². The molecule has 1 aliphatic heterocycles. The summed E-state index contributed by atoms with van der Waals surface area (Å²) >= 11 is 0. The Bertz CT molecular complexity index is 554. The molecule has 1 N–H and O–H groups in total. The molecule has 2 saturated carbocycles. The number of hydrogen-bond acceptors (Lipinski definition) is 1. The molecule has 0 aromatic heterocycles. The highest BCUT2D eigenvalue weighted by Gasteiger charge is 2.44. The average molecular weight is 439 g/mol. The number of nitrogens with zero attached hydrogens (tertiary/aromatic N) is 2. The molecule has 2 aliphatic carbocycles. The van der Waals surface area contributed by atoms with Crippen molar-refractivity contribution in [2.75, 3.05) is 26.7 Å². The fourth-order valence-corrected chi connectivity index (χ4v) is 4.67. The Hall–Kier alpha value is -0.780. The molecule has 1 saturated heterocycles. The molecular weight excluding hydrogens is 409 g/mol. The third kappa shape index (κ3) is 3.58. The van der Waals surface area contributed by atoms with Crippen LogP contribution in [0.3, 0.4) is 0 Å². The summed E-state index contributed by atoms with van der Waals surface area (Å²) in [6, 6.07) is 11.0. The van der Waals surface area contributed by atoms with Gasteiger partial charge in [0.15, 0.2) is 5.96 Å². The van der Waals surface area contributed by atoms with Crippen molar-refractivity contribution in [3.8, 4) is 0 Å². The molecule has 4 heteroatoms. The van der Waals surface area contributed by atoms with Gasteiger partial charge in [0.25, 0.3) is 0 Å². The van der Waals surface area contributed by atoms with Gasteiger partial charge in [0, 0.05) is 32.1 Å². The minimum Gasteiger partial charge on any atom is -0.355 e. The number of likely N-dealkylation sites (tertiary alicyclic amines) is 1. The Morgan fingerprint density at radius 3 is 2.29 bits per heavy atom. The zero-order chi connectivity index (χ0) is 15.7. The molecule has 0 amide bonds. The molecule has 1 aromatic rings. The Balaban J connectivity index is 0.00000169. The highest BCUT2D eigenvalue weighted by Crippen LogP contribution is 2.47. The lowest BCUT2D eigenvalue weighted by Crippen LogP contribution is -2.43. The first kappa shape index (κ1) is 18.0. The minimum atomic E-state index is 0. The number of halogens is 1. The Kier molecular flexibility index (Phi) is 5.73. The van der Waals surface area contributed by atoms with E-state index in [4.69, 9.17) is 0 Å².